The van der Waals surface area contributed by atoms with Crippen molar-refractivity contribution in [3.8, 4) is 16.9 Å². The molecule has 0 radical (unpaired) electrons. The van der Waals surface area contributed by atoms with Gasteiger partial charge in [0.1, 0.15) is 29.9 Å². The first-order valence-electron chi connectivity index (χ1n) is 7.71. The quantitative estimate of drug-likeness (QED) is 0.517. The molecule has 1 unspecified atom stereocenters. The third kappa shape index (κ3) is 4.08. The summed E-state index contributed by atoms with van der Waals surface area (Å²) in [5.41, 5.74) is -1.37. The van der Waals surface area contributed by atoms with Crippen LogP contribution in [0.5, 0.6) is 5.75 Å². The molecule has 1 saturated heterocycles. The Kier molecular flexibility index (Phi) is 5.42. The van der Waals surface area contributed by atoms with E-state index in [1.165, 1.54) is 18.5 Å². The summed E-state index contributed by atoms with van der Waals surface area (Å²) in [6.45, 7) is 0. The molecule has 9 nitrogen and oxygen atoms in total. The van der Waals surface area contributed by atoms with Crippen LogP contribution < -0.4 is 4.74 Å². The Morgan fingerprint density at radius 2 is 1.85 bits per heavy atom. The number of aliphatic hydroxyl groups excluding tert-OH is 3. The molecule has 1 aromatic carbocycles. The third-order valence-corrected chi connectivity index (χ3v) is 4.96. The zero-order chi connectivity index (χ0) is 19.8. The molecule has 5 atom stereocenters. The van der Waals surface area contributed by atoms with E-state index in [1.54, 1.807) is 12.1 Å². The Morgan fingerprint density at radius 3 is 2.48 bits per heavy atom. The minimum Gasteiger partial charge on any atom is -0.461 e. The van der Waals surface area contributed by atoms with Gasteiger partial charge in [-0.2, -0.15) is 8.42 Å². The van der Waals surface area contributed by atoms with E-state index in [-0.39, 0.29) is 5.75 Å². The number of hydrogen-bond donors (Lipinski definition) is 4. The van der Waals surface area contributed by atoms with E-state index < -0.39 is 46.0 Å². The number of hydrogen-bond acceptors (Lipinski definition) is 8. The fourth-order valence-electron chi connectivity index (χ4n) is 2.64. The van der Waals surface area contributed by atoms with Gasteiger partial charge in [0.15, 0.2) is 0 Å². The standard InChI is InChI=1S/C16H16FNO8S/c17-9-3-4-10(8-2-1-5-18-7-8)11(6-9)25-15-13(20)12(19)14(21)16(26-15)27(22,23)24/h1-7,12-16,19-21H,(H,22,23,24)/t12-,13-,14+,15-,16?/m1/s1. The molecular formula is C16H16FNO8S. The SMILES string of the molecule is O=S(=O)(O)C1O[C@@H](Oc2cc(F)ccc2-c2cccnc2)[C@H](O)[C@@H](O)[C@@H]1O. The predicted molar refractivity (Wildman–Crippen MR) is 88.5 cm³/mol. The lowest BCUT2D eigenvalue weighted by atomic mass is 10.0. The number of ether oxygens (including phenoxy) is 2. The van der Waals surface area contributed by atoms with Gasteiger partial charge in [0.2, 0.25) is 11.7 Å². The molecule has 11 heteroatoms. The van der Waals surface area contributed by atoms with E-state index in [0.717, 1.165) is 12.1 Å². The average molecular weight is 401 g/mol. The lowest BCUT2D eigenvalue weighted by molar-refractivity contribution is -0.254. The van der Waals surface area contributed by atoms with Gasteiger partial charge in [0.05, 0.1) is 0 Å². The summed E-state index contributed by atoms with van der Waals surface area (Å²) in [7, 11) is -4.93. The second kappa shape index (κ2) is 7.46. The summed E-state index contributed by atoms with van der Waals surface area (Å²) >= 11 is 0. The molecule has 1 aliphatic rings. The van der Waals surface area contributed by atoms with Gasteiger partial charge >= 0.3 is 0 Å². The number of benzene rings is 1. The molecule has 1 aromatic heterocycles. The highest BCUT2D eigenvalue weighted by atomic mass is 32.2. The van der Waals surface area contributed by atoms with Crippen LogP contribution >= 0.6 is 0 Å². The zero-order valence-corrected chi connectivity index (χ0v) is 14.4. The summed E-state index contributed by atoms with van der Waals surface area (Å²) in [6.07, 6.45) is -4.80. The Labute approximate surface area is 153 Å². The Hall–Kier alpha value is -2.15. The first-order valence-corrected chi connectivity index (χ1v) is 9.21. The fourth-order valence-corrected chi connectivity index (χ4v) is 3.40. The van der Waals surface area contributed by atoms with Crippen molar-refractivity contribution in [2.24, 2.45) is 0 Å². The molecule has 146 valence electrons. The van der Waals surface area contributed by atoms with E-state index in [1.807, 2.05) is 0 Å². The van der Waals surface area contributed by atoms with Crippen molar-refractivity contribution in [1.82, 2.24) is 4.98 Å². The van der Waals surface area contributed by atoms with Crippen LogP contribution in [0.2, 0.25) is 0 Å². The molecule has 1 fully saturated rings. The third-order valence-electron chi connectivity index (χ3n) is 3.98. The van der Waals surface area contributed by atoms with Crippen molar-refractivity contribution in [3.63, 3.8) is 0 Å². The number of rotatable bonds is 4. The van der Waals surface area contributed by atoms with E-state index in [4.69, 9.17) is 14.0 Å². The summed E-state index contributed by atoms with van der Waals surface area (Å²) in [4.78, 5) is 3.94. The van der Waals surface area contributed by atoms with Crippen molar-refractivity contribution >= 4 is 10.1 Å². The van der Waals surface area contributed by atoms with Crippen molar-refractivity contribution < 1.29 is 42.2 Å². The van der Waals surface area contributed by atoms with Crippen LogP contribution in [-0.2, 0) is 14.9 Å². The number of aromatic nitrogens is 1. The van der Waals surface area contributed by atoms with Crippen molar-refractivity contribution in [3.05, 3.63) is 48.5 Å². The molecule has 4 N–H and O–H groups in total. The second-order valence-corrected chi connectivity index (χ2v) is 7.35. The summed E-state index contributed by atoms with van der Waals surface area (Å²) in [6, 6.07) is 6.79. The van der Waals surface area contributed by atoms with Crippen molar-refractivity contribution in [1.29, 1.82) is 0 Å². The van der Waals surface area contributed by atoms with E-state index in [2.05, 4.69) is 4.98 Å². The topological polar surface area (TPSA) is 146 Å². The first-order chi connectivity index (χ1) is 12.7. The molecule has 0 amide bonds. The maximum absolute atomic E-state index is 13.7. The predicted octanol–water partition coefficient (Wildman–Crippen LogP) is -0.0806. The lowest BCUT2D eigenvalue weighted by Gasteiger charge is -2.38. The molecule has 3 rings (SSSR count). The van der Waals surface area contributed by atoms with Crippen molar-refractivity contribution in [2.45, 2.75) is 30.0 Å². The molecule has 0 bridgehead atoms. The number of nitrogens with zero attached hydrogens (tertiary/aromatic N) is 1. The van der Waals surface area contributed by atoms with Gasteiger partial charge in [-0.15, -0.1) is 0 Å². The van der Waals surface area contributed by atoms with E-state index >= 15 is 0 Å². The zero-order valence-electron chi connectivity index (χ0n) is 13.6. The highest BCUT2D eigenvalue weighted by molar-refractivity contribution is 7.86. The van der Waals surface area contributed by atoms with Gasteiger partial charge in [0, 0.05) is 29.6 Å². The molecule has 27 heavy (non-hydrogen) atoms. The van der Waals surface area contributed by atoms with Gasteiger partial charge in [-0.1, -0.05) is 6.07 Å². The van der Waals surface area contributed by atoms with Crippen LogP contribution in [-0.4, -0.2) is 63.3 Å². The summed E-state index contributed by atoms with van der Waals surface area (Å²) in [5.74, 6) is -0.820. The maximum atomic E-state index is 13.7. The summed E-state index contributed by atoms with van der Waals surface area (Å²) < 4.78 is 55.8. The van der Waals surface area contributed by atoms with E-state index in [9.17, 15) is 28.1 Å². The van der Waals surface area contributed by atoms with E-state index in [0.29, 0.717) is 11.1 Å². The lowest BCUT2D eigenvalue weighted by Crippen LogP contribution is -2.61. The highest BCUT2D eigenvalue weighted by Gasteiger charge is 2.50. The molecule has 2 aromatic rings. The number of pyridine rings is 1. The molecule has 0 aliphatic carbocycles. The van der Waals surface area contributed by atoms with Crippen LogP contribution in [0.4, 0.5) is 4.39 Å². The summed E-state index contributed by atoms with van der Waals surface area (Å²) in [5, 5.41) is 29.6. The minimum absolute atomic E-state index is 0.135. The monoisotopic (exact) mass is 401 g/mol. The Balaban J connectivity index is 1.95. The number of halogens is 1. The van der Waals surface area contributed by atoms with Crippen LogP contribution in [0.25, 0.3) is 11.1 Å². The van der Waals surface area contributed by atoms with Crippen LogP contribution in [0.3, 0.4) is 0 Å². The highest BCUT2D eigenvalue weighted by Crippen LogP contribution is 2.33. The van der Waals surface area contributed by atoms with Crippen molar-refractivity contribution in [2.75, 3.05) is 0 Å². The first kappa shape index (κ1) is 19.6. The van der Waals surface area contributed by atoms with Crippen LogP contribution in [0.1, 0.15) is 0 Å². The maximum Gasteiger partial charge on any atom is 0.295 e. The van der Waals surface area contributed by atoms with Gasteiger partial charge in [-0.25, -0.2) is 4.39 Å². The molecule has 2 heterocycles. The average Bonchev–Trinajstić information content (AvgIpc) is 2.62. The Bertz CT molecular complexity index is 910. The molecule has 0 spiro atoms. The van der Waals surface area contributed by atoms with Gasteiger partial charge < -0.3 is 24.8 Å². The van der Waals surface area contributed by atoms with Gasteiger partial charge in [0.25, 0.3) is 10.1 Å². The molecule has 0 saturated carbocycles. The largest absolute Gasteiger partial charge is 0.461 e. The van der Waals surface area contributed by atoms with Gasteiger partial charge in [-0.3, -0.25) is 9.54 Å². The van der Waals surface area contributed by atoms with Gasteiger partial charge in [-0.05, 0) is 18.2 Å². The molecular weight excluding hydrogens is 385 g/mol. The Morgan fingerprint density at radius 1 is 1.11 bits per heavy atom. The molecule has 1 aliphatic heterocycles. The smallest absolute Gasteiger partial charge is 0.295 e. The van der Waals surface area contributed by atoms with Crippen LogP contribution in [0, 0.1) is 5.82 Å². The fraction of sp³-hybridized carbons (Fsp3) is 0.312. The number of aliphatic hydroxyl groups is 3. The second-order valence-electron chi connectivity index (χ2n) is 5.86. The minimum atomic E-state index is -4.93. The van der Waals surface area contributed by atoms with Crippen LogP contribution in [0.15, 0.2) is 42.7 Å². The normalized spacial score (nSPS) is 28.7.